The smallest absolute Gasteiger partial charge is 0.317 e. The molecule has 8 heteroatoms. The van der Waals surface area contributed by atoms with E-state index in [9.17, 15) is 14.3 Å². The van der Waals surface area contributed by atoms with Crippen LogP contribution in [0, 0.1) is 5.82 Å². The summed E-state index contributed by atoms with van der Waals surface area (Å²) < 4.78 is 28.7. The molecule has 1 spiro atoms. The molecule has 1 atom stereocenters. The monoisotopic (exact) mass is 417 g/mol. The third kappa shape index (κ3) is 3.73. The maximum atomic E-state index is 15.2. The summed E-state index contributed by atoms with van der Waals surface area (Å²) in [6, 6.07) is 11.0. The summed E-state index contributed by atoms with van der Waals surface area (Å²) >= 11 is 0. The summed E-state index contributed by atoms with van der Waals surface area (Å²) in [5.41, 5.74) is 1.03. The number of halogens is 2. The van der Waals surface area contributed by atoms with Crippen LogP contribution in [0.1, 0.15) is 42.1 Å². The van der Waals surface area contributed by atoms with Gasteiger partial charge in [-0.3, -0.25) is 0 Å². The molecule has 0 aromatic heterocycles. The van der Waals surface area contributed by atoms with Crippen LogP contribution in [-0.2, 0) is 13.2 Å². The normalized spacial score (nSPS) is 20.2. The van der Waals surface area contributed by atoms with Crippen LogP contribution < -0.4 is 10.4 Å². The standard InChI is InChI=1S/C22H25F2N3O3/c23-18-6-5-15(11-16(18)14-28)13-25-21(30)26-9-7-22(8-10-26)12-20(29)17-3-1-2-4-19(17)27(22)24/h1-6,11,20,28-29H,7-10,12-14H2,(H,25,30). The first-order valence-corrected chi connectivity index (χ1v) is 10.1. The Morgan fingerprint density at radius 3 is 2.67 bits per heavy atom. The largest absolute Gasteiger partial charge is 0.392 e. The number of carbonyl (C=O) groups is 1. The van der Waals surface area contributed by atoms with Gasteiger partial charge in [-0.1, -0.05) is 28.7 Å². The van der Waals surface area contributed by atoms with Crippen LogP contribution in [0.3, 0.4) is 0 Å². The summed E-state index contributed by atoms with van der Waals surface area (Å²) in [6.45, 7) is 0.532. The molecule has 0 bridgehead atoms. The number of para-hydroxylation sites is 1. The highest BCUT2D eigenvalue weighted by Gasteiger charge is 2.47. The summed E-state index contributed by atoms with van der Waals surface area (Å²) in [5, 5.41) is 23.2. The zero-order valence-corrected chi connectivity index (χ0v) is 16.5. The van der Waals surface area contributed by atoms with Crippen molar-refractivity contribution in [3.63, 3.8) is 0 Å². The number of urea groups is 1. The number of hydrogen-bond donors (Lipinski definition) is 3. The number of likely N-dealkylation sites (tertiary alicyclic amines) is 1. The lowest BCUT2D eigenvalue weighted by Crippen LogP contribution is -2.57. The number of nitrogens with one attached hydrogen (secondary N) is 1. The molecule has 2 aromatic rings. The van der Waals surface area contributed by atoms with Crippen molar-refractivity contribution >= 4 is 11.7 Å². The minimum absolute atomic E-state index is 0.181. The van der Waals surface area contributed by atoms with Crippen LogP contribution in [0.25, 0.3) is 0 Å². The molecular formula is C22H25F2N3O3. The Morgan fingerprint density at radius 2 is 1.93 bits per heavy atom. The lowest BCUT2D eigenvalue weighted by atomic mass is 9.77. The number of hydrogen-bond acceptors (Lipinski definition) is 4. The van der Waals surface area contributed by atoms with Crippen LogP contribution in [-0.4, -0.2) is 39.8 Å². The number of aliphatic hydroxyl groups excluding tert-OH is 2. The second-order valence-electron chi connectivity index (χ2n) is 8.01. The highest BCUT2D eigenvalue weighted by molar-refractivity contribution is 5.74. The molecule has 0 aliphatic carbocycles. The summed E-state index contributed by atoms with van der Waals surface area (Å²) in [4.78, 5) is 14.2. The molecule has 2 amide bonds. The molecule has 0 saturated carbocycles. The molecule has 2 aliphatic rings. The predicted molar refractivity (Wildman–Crippen MR) is 108 cm³/mol. The maximum Gasteiger partial charge on any atom is 0.317 e. The van der Waals surface area contributed by atoms with Gasteiger partial charge in [0.05, 0.1) is 23.9 Å². The first-order chi connectivity index (χ1) is 14.4. The molecule has 2 heterocycles. The number of rotatable bonds is 3. The Hall–Kier alpha value is -2.71. The Bertz CT molecular complexity index is 932. The van der Waals surface area contributed by atoms with E-state index >= 15 is 4.48 Å². The Morgan fingerprint density at radius 1 is 1.20 bits per heavy atom. The van der Waals surface area contributed by atoms with Gasteiger partial charge >= 0.3 is 6.03 Å². The Balaban J connectivity index is 1.37. The number of benzene rings is 2. The van der Waals surface area contributed by atoms with E-state index in [2.05, 4.69) is 5.32 Å². The van der Waals surface area contributed by atoms with Gasteiger partial charge in [-0.15, -0.1) is 0 Å². The maximum absolute atomic E-state index is 15.2. The zero-order valence-electron chi connectivity index (χ0n) is 16.5. The molecule has 0 radical (unpaired) electrons. The number of piperidine rings is 1. The molecular weight excluding hydrogens is 392 g/mol. The Labute approximate surface area is 173 Å². The average molecular weight is 417 g/mol. The van der Waals surface area contributed by atoms with E-state index in [1.165, 1.54) is 12.1 Å². The quantitative estimate of drug-likeness (QED) is 0.671. The minimum atomic E-state index is -0.822. The van der Waals surface area contributed by atoms with Crippen LogP contribution in [0.5, 0.6) is 0 Å². The molecule has 30 heavy (non-hydrogen) atoms. The van der Waals surface area contributed by atoms with Crippen molar-refractivity contribution in [3.8, 4) is 0 Å². The lowest BCUT2D eigenvalue weighted by Gasteiger charge is -2.49. The molecule has 2 aliphatic heterocycles. The van der Waals surface area contributed by atoms with Crippen molar-refractivity contribution in [2.45, 2.75) is 44.1 Å². The van der Waals surface area contributed by atoms with Gasteiger partial charge in [0.15, 0.2) is 0 Å². The van der Waals surface area contributed by atoms with E-state index < -0.39 is 24.1 Å². The highest BCUT2D eigenvalue weighted by Crippen LogP contribution is 2.47. The average Bonchev–Trinajstić information content (AvgIpc) is 2.77. The number of fused-ring (bicyclic) bond motifs is 1. The van der Waals surface area contributed by atoms with E-state index in [1.54, 1.807) is 35.2 Å². The van der Waals surface area contributed by atoms with E-state index in [1.807, 2.05) is 0 Å². The van der Waals surface area contributed by atoms with Gasteiger partial charge in [-0.2, -0.15) is 0 Å². The van der Waals surface area contributed by atoms with Crippen LogP contribution in [0.4, 0.5) is 19.4 Å². The third-order valence-electron chi connectivity index (χ3n) is 6.20. The van der Waals surface area contributed by atoms with Crippen molar-refractivity contribution < 1.29 is 23.9 Å². The van der Waals surface area contributed by atoms with Crippen molar-refractivity contribution in [3.05, 3.63) is 65.0 Å². The van der Waals surface area contributed by atoms with Gasteiger partial charge in [-0.05, 0) is 36.6 Å². The lowest BCUT2D eigenvalue weighted by molar-refractivity contribution is 0.0567. The number of anilines is 1. The SMILES string of the molecule is O=C(NCc1ccc(F)c(CO)c1)N1CCC2(CC1)CC(O)c1ccccc1N2F. The molecule has 2 aromatic carbocycles. The van der Waals surface area contributed by atoms with Crippen LogP contribution in [0.2, 0.25) is 0 Å². The van der Waals surface area contributed by atoms with Crippen molar-refractivity contribution in [1.82, 2.24) is 10.2 Å². The molecule has 4 rings (SSSR count). The second-order valence-corrected chi connectivity index (χ2v) is 8.01. The molecule has 1 unspecified atom stereocenters. The number of carbonyl (C=O) groups excluding carboxylic acids is 1. The molecule has 1 fully saturated rings. The van der Waals surface area contributed by atoms with Crippen molar-refractivity contribution in [1.29, 1.82) is 0 Å². The summed E-state index contributed by atoms with van der Waals surface area (Å²) in [6.07, 6.45) is 0.379. The minimum Gasteiger partial charge on any atom is -0.392 e. The van der Waals surface area contributed by atoms with Gasteiger partial charge in [0.25, 0.3) is 0 Å². The number of nitrogens with zero attached hydrogens (tertiary/aromatic N) is 2. The highest BCUT2D eigenvalue weighted by atomic mass is 19.2. The fourth-order valence-corrected chi connectivity index (χ4v) is 4.43. The first-order valence-electron chi connectivity index (χ1n) is 10.1. The molecule has 3 N–H and O–H groups in total. The molecule has 160 valence electrons. The number of amides is 2. The van der Waals surface area contributed by atoms with E-state index in [4.69, 9.17) is 5.11 Å². The topological polar surface area (TPSA) is 76.0 Å². The van der Waals surface area contributed by atoms with Crippen LogP contribution >= 0.6 is 0 Å². The van der Waals surface area contributed by atoms with Gasteiger partial charge in [-0.25, -0.2) is 14.3 Å². The summed E-state index contributed by atoms with van der Waals surface area (Å²) in [7, 11) is 0. The second kappa shape index (κ2) is 8.20. The fourth-order valence-electron chi connectivity index (χ4n) is 4.43. The van der Waals surface area contributed by atoms with E-state index in [0.717, 1.165) is 5.12 Å². The van der Waals surface area contributed by atoms with E-state index in [-0.39, 0.29) is 24.6 Å². The Kier molecular flexibility index (Phi) is 5.62. The number of aliphatic hydroxyl groups is 2. The van der Waals surface area contributed by atoms with Crippen molar-refractivity contribution in [2.24, 2.45) is 0 Å². The third-order valence-corrected chi connectivity index (χ3v) is 6.20. The molecule has 1 saturated heterocycles. The molecule has 6 nitrogen and oxygen atoms in total. The van der Waals surface area contributed by atoms with Crippen molar-refractivity contribution in [2.75, 3.05) is 18.2 Å². The van der Waals surface area contributed by atoms with E-state index in [0.29, 0.717) is 42.7 Å². The summed E-state index contributed by atoms with van der Waals surface area (Å²) in [5.74, 6) is -0.485. The fraction of sp³-hybridized carbons (Fsp3) is 0.409. The first kappa shape index (κ1) is 20.6. The van der Waals surface area contributed by atoms with Gasteiger partial charge in [0.1, 0.15) is 5.82 Å². The van der Waals surface area contributed by atoms with Gasteiger partial charge < -0.3 is 20.4 Å². The van der Waals surface area contributed by atoms with Gasteiger partial charge in [0, 0.05) is 37.2 Å². The predicted octanol–water partition coefficient (Wildman–Crippen LogP) is 3.19. The van der Waals surface area contributed by atoms with Gasteiger partial charge in [0.2, 0.25) is 0 Å². The zero-order chi connectivity index (χ0) is 21.3. The van der Waals surface area contributed by atoms with Crippen LogP contribution in [0.15, 0.2) is 42.5 Å².